The first-order valence-electron chi connectivity index (χ1n) is 3.96. The lowest BCUT2D eigenvalue weighted by Gasteiger charge is -2.07. The lowest BCUT2D eigenvalue weighted by atomic mass is 10.2. The number of rotatable bonds is 3. The summed E-state index contributed by atoms with van der Waals surface area (Å²) in [4.78, 5) is 4.10. The van der Waals surface area contributed by atoms with Crippen LogP contribution >= 0.6 is 15.9 Å². The first kappa shape index (κ1) is 10.7. The van der Waals surface area contributed by atoms with E-state index < -0.39 is 6.04 Å². The number of terminal acetylenes is 1. The standard InChI is InChI=1S/C10H8BrN3/c1-2-5-13-10(6-12)9-4-3-8(11)7-14-9/h1,3-4,7,10,13H,5H2. The molecule has 0 radical (unpaired) electrons. The number of hydrogen-bond donors (Lipinski definition) is 1. The fourth-order valence-electron chi connectivity index (χ4n) is 0.935. The number of nitriles is 1. The number of aromatic nitrogens is 1. The van der Waals surface area contributed by atoms with Gasteiger partial charge in [-0.25, -0.2) is 0 Å². The molecule has 3 nitrogen and oxygen atoms in total. The maximum atomic E-state index is 8.84. The molecule has 1 heterocycles. The van der Waals surface area contributed by atoms with Gasteiger partial charge >= 0.3 is 0 Å². The highest BCUT2D eigenvalue weighted by Crippen LogP contribution is 2.12. The molecule has 0 aliphatic rings. The Morgan fingerprint density at radius 2 is 2.43 bits per heavy atom. The van der Waals surface area contributed by atoms with E-state index in [2.05, 4.69) is 38.2 Å². The van der Waals surface area contributed by atoms with Crippen LogP contribution in [0, 0.1) is 23.7 Å². The molecule has 0 aromatic carbocycles. The molecular formula is C10H8BrN3. The summed E-state index contributed by atoms with van der Waals surface area (Å²) in [7, 11) is 0. The minimum Gasteiger partial charge on any atom is -0.286 e. The summed E-state index contributed by atoms with van der Waals surface area (Å²) in [5.41, 5.74) is 0.672. The molecule has 14 heavy (non-hydrogen) atoms. The number of halogens is 1. The predicted molar refractivity (Wildman–Crippen MR) is 57.1 cm³/mol. The van der Waals surface area contributed by atoms with Gasteiger partial charge in [0.15, 0.2) is 0 Å². The zero-order valence-electron chi connectivity index (χ0n) is 7.37. The first-order valence-corrected chi connectivity index (χ1v) is 4.75. The Morgan fingerprint density at radius 1 is 1.64 bits per heavy atom. The monoisotopic (exact) mass is 249 g/mol. The second-order valence-corrected chi connectivity index (χ2v) is 3.46. The molecule has 0 spiro atoms. The van der Waals surface area contributed by atoms with Crippen LogP contribution in [0.1, 0.15) is 11.7 Å². The van der Waals surface area contributed by atoms with Crippen LogP contribution < -0.4 is 5.32 Å². The first-order chi connectivity index (χ1) is 6.77. The molecule has 0 saturated heterocycles. The number of nitrogens with one attached hydrogen (secondary N) is 1. The van der Waals surface area contributed by atoms with E-state index in [1.165, 1.54) is 0 Å². The Labute approximate surface area is 91.3 Å². The van der Waals surface area contributed by atoms with E-state index in [9.17, 15) is 0 Å². The van der Waals surface area contributed by atoms with E-state index in [4.69, 9.17) is 11.7 Å². The SMILES string of the molecule is C#CCNC(C#N)c1ccc(Br)cn1. The summed E-state index contributed by atoms with van der Waals surface area (Å²) < 4.78 is 0.884. The lowest BCUT2D eigenvalue weighted by molar-refractivity contribution is 0.671. The Morgan fingerprint density at radius 3 is 2.93 bits per heavy atom. The molecule has 0 bridgehead atoms. The Kier molecular flexibility index (Phi) is 4.12. The maximum Gasteiger partial charge on any atom is 0.139 e. The van der Waals surface area contributed by atoms with Crippen molar-refractivity contribution in [1.29, 1.82) is 5.26 Å². The van der Waals surface area contributed by atoms with Crippen LogP contribution in [0.3, 0.4) is 0 Å². The van der Waals surface area contributed by atoms with Crippen LogP contribution in [0.2, 0.25) is 0 Å². The zero-order chi connectivity index (χ0) is 10.4. The van der Waals surface area contributed by atoms with Crippen molar-refractivity contribution in [1.82, 2.24) is 10.3 Å². The largest absolute Gasteiger partial charge is 0.286 e. The van der Waals surface area contributed by atoms with Crippen molar-refractivity contribution in [2.45, 2.75) is 6.04 Å². The molecule has 1 unspecified atom stereocenters. The maximum absolute atomic E-state index is 8.84. The number of hydrogen-bond acceptors (Lipinski definition) is 3. The number of pyridine rings is 1. The van der Waals surface area contributed by atoms with Crippen LogP contribution in [0.4, 0.5) is 0 Å². The Bertz CT molecular complexity index is 372. The Hall–Kier alpha value is -1.36. The molecule has 0 amide bonds. The van der Waals surface area contributed by atoms with E-state index in [1.54, 1.807) is 12.3 Å². The molecule has 1 aromatic rings. The highest BCUT2D eigenvalue weighted by atomic mass is 79.9. The van der Waals surface area contributed by atoms with E-state index >= 15 is 0 Å². The molecule has 4 heteroatoms. The average Bonchev–Trinajstić information content (AvgIpc) is 2.21. The molecule has 1 aromatic heterocycles. The fourth-order valence-corrected chi connectivity index (χ4v) is 1.17. The van der Waals surface area contributed by atoms with Crippen molar-refractivity contribution in [2.75, 3.05) is 6.54 Å². The van der Waals surface area contributed by atoms with Gasteiger partial charge in [-0.1, -0.05) is 5.92 Å². The van der Waals surface area contributed by atoms with Gasteiger partial charge in [0.05, 0.1) is 18.3 Å². The predicted octanol–water partition coefficient (Wildman–Crippen LogP) is 1.63. The van der Waals surface area contributed by atoms with Crippen LogP contribution in [-0.4, -0.2) is 11.5 Å². The minimum atomic E-state index is -0.445. The third-order valence-corrected chi connectivity index (χ3v) is 2.05. The third kappa shape index (κ3) is 2.85. The van der Waals surface area contributed by atoms with Gasteiger partial charge in [0.2, 0.25) is 0 Å². The van der Waals surface area contributed by atoms with Crippen LogP contribution in [0.25, 0.3) is 0 Å². The summed E-state index contributed by atoms with van der Waals surface area (Å²) in [6.07, 6.45) is 6.73. The van der Waals surface area contributed by atoms with Gasteiger partial charge in [0.1, 0.15) is 6.04 Å². The summed E-state index contributed by atoms with van der Waals surface area (Å²) >= 11 is 3.27. The highest BCUT2D eigenvalue weighted by molar-refractivity contribution is 9.10. The third-order valence-electron chi connectivity index (χ3n) is 1.58. The Balaban J connectivity index is 2.76. The lowest BCUT2D eigenvalue weighted by Crippen LogP contribution is -2.20. The van der Waals surface area contributed by atoms with E-state index in [1.807, 2.05) is 6.07 Å². The van der Waals surface area contributed by atoms with Crippen LogP contribution in [-0.2, 0) is 0 Å². The van der Waals surface area contributed by atoms with Gasteiger partial charge in [-0.2, -0.15) is 5.26 Å². The molecule has 1 N–H and O–H groups in total. The van der Waals surface area contributed by atoms with Crippen molar-refractivity contribution < 1.29 is 0 Å². The van der Waals surface area contributed by atoms with Crippen molar-refractivity contribution >= 4 is 15.9 Å². The summed E-state index contributed by atoms with van der Waals surface area (Å²) in [6, 6.07) is 5.26. The smallest absolute Gasteiger partial charge is 0.139 e. The van der Waals surface area contributed by atoms with Gasteiger partial charge in [-0.15, -0.1) is 6.42 Å². The summed E-state index contributed by atoms with van der Waals surface area (Å²) in [5.74, 6) is 2.41. The van der Waals surface area contributed by atoms with Crippen molar-refractivity contribution in [3.05, 3.63) is 28.5 Å². The van der Waals surface area contributed by atoms with Crippen LogP contribution in [0.15, 0.2) is 22.8 Å². The second kappa shape index (κ2) is 5.39. The molecule has 70 valence electrons. The average molecular weight is 250 g/mol. The quantitative estimate of drug-likeness (QED) is 0.829. The van der Waals surface area contributed by atoms with Gasteiger partial charge in [-0.3, -0.25) is 10.3 Å². The summed E-state index contributed by atoms with van der Waals surface area (Å²) in [6.45, 7) is 0.357. The molecule has 0 saturated carbocycles. The van der Waals surface area contributed by atoms with Crippen molar-refractivity contribution in [3.8, 4) is 18.4 Å². The molecular weight excluding hydrogens is 242 g/mol. The highest BCUT2D eigenvalue weighted by Gasteiger charge is 2.09. The zero-order valence-corrected chi connectivity index (χ0v) is 8.95. The normalized spacial score (nSPS) is 11.4. The van der Waals surface area contributed by atoms with E-state index in [0.29, 0.717) is 12.2 Å². The topological polar surface area (TPSA) is 48.7 Å². The van der Waals surface area contributed by atoms with E-state index in [-0.39, 0.29) is 0 Å². The molecule has 0 fully saturated rings. The van der Waals surface area contributed by atoms with Gasteiger partial charge in [-0.05, 0) is 28.1 Å². The molecule has 0 aliphatic carbocycles. The van der Waals surface area contributed by atoms with Gasteiger partial charge in [0, 0.05) is 10.7 Å². The van der Waals surface area contributed by atoms with E-state index in [0.717, 1.165) is 4.47 Å². The van der Waals surface area contributed by atoms with Gasteiger partial charge in [0.25, 0.3) is 0 Å². The summed E-state index contributed by atoms with van der Waals surface area (Å²) in [5, 5.41) is 11.7. The number of nitrogens with zero attached hydrogens (tertiary/aromatic N) is 2. The van der Waals surface area contributed by atoms with Crippen LogP contribution in [0.5, 0.6) is 0 Å². The fraction of sp³-hybridized carbons (Fsp3) is 0.200. The molecule has 1 rings (SSSR count). The minimum absolute atomic E-state index is 0.357. The van der Waals surface area contributed by atoms with Gasteiger partial charge < -0.3 is 0 Å². The molecule has 1 atom stereocenters. The van der Waals surface area contributed by atoms with Crippen molar-refractivity contribution in [3.63, 3.8) is 0 Å². The second-order valence-electron chi connectivity index (χ2n) is 2.55. The molecule has 0 aliphatic heterocycles. The van der Waals surface area contributed by atoms with Crippen molar-refractivity contribution in [2.24, 2.45) is 0 Å².